The van der Waals surface area contributed by atoms with Crippen molar-refractivity contribution in [3.63, 3.8) is 0 Å². The Bertz CT molecular complexity index is 1510. The molecule has 1 aliphatic rings. The van der Waals surface area contributed by atoms with E-state index in [1.165, 1.54) is 6.33 Å². The van der Waals surface area contributed by atoms with E-state index in [1.54, 1.807) is 11.0 Å². The number of ketones is 1. The molecule has 0 radical (unpaired) electrons. The fourth-order valence-electron chi connectivity index (χ4n) is 4.01. The maximum Gasteiger partial charge on any atom is 0.317 e. The van der Waals surface area contributed by atoms with Gasteiger partial charge in [0.05, 0.1) is 11.4 Å². The summed E-state index contributed by atoms with van der Waals surface area (Å²) in [7, 11) is 0. The van der Waals surface area contributed by atoms with Crippen LogP contribution in [0.1, 0.15) is 16.7 Å². The number of fused-ring (bicyclic) bond motifs is 1. The number of nitrogens with one attached hydrogen (secondary N) is 1. The van der Waals surface area contributed by atoms with Crippen LogP contribution in [0.15, 0.2) is 101 Å². The van der Waals surface area contributed by atoms with Crippen molar-refractivity contribution < 1.29 is 9.21 Å². The first kappa shape index (κ1) is 20.7. The van der Waals surface area contributed by atoms with Gasteiger partial charge in [0.2, 0.25) is 5.89 Å². The van der Waals surface area contributed by atoms with Crippen LogP contribution in [-0.2, 0) is 11.2 Å². The van der Waals surface area contributed by atoms with Crippen LogP contribution in [0.25, 0.3) is 17.1 Å². The first-order valence-electron chi connectivity index (χ1n) is 11.0. The third-order valence-corrected chi connectivity index (χ3v) is 5.73. The van der Waals surface area contributed by atoms with Gasteiger partial charge in [-0.1, -0.05) is 59.7 Å². The van der Waals surface area contributed by atoms with Crippen LogP contribution < -0.4 is 5.32 Å². The molecule has 5 aromatic rings. The summed E-state index contributed by atoms with van der Waals surface area (Å²) in [5, 5.41) is 15.4. The van der Waals surface area contributed by atoms with E-state index in [9.17, 15) is 4.79 Å². The van der Waals surface area contributed by atoms with Crippen LogP contribution in [0, 0.1) is 0 Å². The van der Waals surface area contributed by atoms with E-state index in [1.807, 2.05) is 78.9 Å². The lowest BCUT2D eigenvalue weighted by Gasteiger charge is -2.11. The topological polar surface area (TPSA) is 111 Å². The molecule has 3 heterocycles. The molecule has 0 aliphatic carbocycles. The predicted molar refractivity (Wildman–Crippen MR) is 129 cm³/mol. The number of carbonyl (C=O) groups is 1. The van der Waals surface area contributed by atoms with E-state index in [0.29, 0.717) is 5.89 Å². The minimum Gasteiger partial charge on any atom is -0.403 e. The first-order valence-corrected chi connectivity index (χ1v) is 11.0. The van der Waals surface area contributed by atoms with Crippen LogP contribution in [0.4, 0.5) is 6.01 Å². The zero-order chi connectivity index (χ0) is 23.6. The Labute approximate surface area is 200 Å². The zero-order valence-corrected chi connectivity index (χ0v) is 18.4. The highest BCUT2D eigenvalue weighted by atomic mass is 16.4. The van der Waals surface area contributed by atoms with Gasteiger partial charge in [0, 0.05) is 23.1 Å². The molecule has 1 N–H and O–H groups in total. The van der Waals surface area contributed by atoms with Crippen LogP contribution in [-0.4, -0.2) is 42.6 Å². The Morgan fingerprint density at radius 3 is 2.49 bits per heavy atom. The third-order valence-electron chi connectivity index (χ3n) is 5.73. The summed E-state index contributed by atoms with van der Waals surface area (Å²) in [6.45, 7) is 0. The lowest BCUT2D eigenvalue weighted by Crippen LogP contribution is -2.29. The molecule has 0 spiro atoms. The summed E-state index contributed by atoms with van der Waals surface area (Å²) >= 11 is 0. The fraction of sp³-hybridized carbons (Fsp3) is 0.0769. The van der Waals surface area contributed by atoms with Crippen molar-refractivity contribution in [2.75, 3.05) is 5.32 Å². The highest BCUT2D eigenvalue weighted by molar-refractivity contribution is 6.16. The number of nitrogens with zero attached hydrogens (tertiary/aromatic N) is 6. The van der Waals surface area contributed by atoms with Gasteiger partial charge in [0.15, 0.2) is 11.9 Å². The molecular weight excluding hydrogens is 442 g/mol. The van der Waals surface area contributed by atoms with Crippen LogP contribution in [0.2, 0.25) is 0 Å². The van der Waals surface area contributed by atoms with Crippen molar-refractivity contribution in [1.82, 2.24) is 25.0 Å². The maximum absolute atomic E-state index is 13.1. The summed E-state index contributed by atoms with van der Waals surface area (Å²) in [6.07, 6.45) is 2.48. The van der Waals surface area contributed by atoms with E-state index in [0.717, 1.165) is 33.7 Å². The average Bonchev–Trinajstić information content (AvgIpc) is 3.58. The largest absolute Gasteiger partial charge is 0.403 e. The Morgan fingerprint density at radius 2 is 1.69 bits per heavy atom. The van der Waals surface area contributed by atoms with Gasteiger partial charge in [-0.2, -0.15) is 5.10 Å². The monoisotopic (exact) mass is 461 g/mol. The number of hydrogen-bond donors (Lipinski definition) is 1. The number of hydrogen-bond acceptors (Lipinski definition) is 8. The standard InChI is InChI=1S/C26H19N7O2/c34-22-14-19-8-4-5-9-21(19)23(17-6-2-1-3-7-17)29-24(22)30-26-32-31-25(35-26)18-10-12-20(13-11-18)33-16-27-15-28-33/h1-13,15-16,24H,14H2,(H,30,32). The lowest BCUT2D eigenvalue weighted by molar-refractivity contribution is -0.119. The molecule has 1 unspecified atom stereocenters. The molecule has 9 nitrogen and oxygen atoms in total. The molecule has 35 heavy (non-hydrogen) atoms. The van der Waals surface area contributed by atoms with Crippen molar-refractivity contribution >= 4 is 17.5 Å². The van der Waals surface area contributed by atoms with Gasteiger partial charge < -0.3 is 9.73 Å². The molecule has 9 heteroatoms. The summed E-state index contributed by atoms with van der Waals surface area (Å²) < 4.78 is 7.48. The molecule has 170 valence electrons. The number of rotatable bonds is 5. The minimum atomic E-state index is -0.861. The number of carbonyl (C=O) groups excluding carboxylic acids is 1. The molecule has 0 bridgehead atoms. The minimum absolute atomic E-state index is 0.0830. The van der Waals surface area contributed by atoms with Gasteiger partial charge in [0.1, 0.15) is 12.7 Å². The van der Waals surface area contributed by atoms with E-state index in [-0.39, 0.29) is 18.2 Å². The van der Waals surface area contributed by atoms with Crippen molar-refractivity contribution in [2.24, 2.45) is 4.99 Å². The van der Waals surface area contributed by atoms with E-state index >= 15 is 0 Å². The summed E-state index contributed by atoms with van der Waals surface area (Å²) in [4.78, 5) is 21.9. The summed E-state index contributed by atoms with van der Waals surface area (Å²) in [5.74, 6) is 0.245. The molecule has 0 amide bonds. The van der Waals surface area contributed by atoms with Crippen LogP contribution in [0.5, 0.6) is 0 Å². The molecule has 6 rings (SSSR count). The highest BCUT2D eigenvalue weighted by Gasteiger charge is 2.27. The number of aliphatic imine (C=N–C) groups is 1. The average molecular weight is 461 g/mol. The summed E-state index contributed by atoms with van der Waals surface area (Å²) in [6, 6.07) is 25.2. The number of aromatic nitrogens is 5. The van der Waals surface area contributed by atoms with Crippen LogP contribution in [0.3, 0.4) is 0 Å². The van der Waals surface area contributed by atoms with Crippen LogP contribution >= 0.6 is 0 Å². The quantitative estimate of drug-likeness (QED) is 0.425. The third kappa shape index (κ3) is 4.10. The molecular formula is C26H19N7O2. The second-order valence-electron chi connectivity index (χ2n) is 7.99. The molecule has 1 aliphatic heterocycles. The van der Waals surface area contributed by atoms with E-state index in [4.69, 9.17) is 9.41 Å². The maximum atomic E-state index is 13.1. The molecule has 0 saturated heterocycles. The molecule has 0 saturated carbocycles. The zero-order valence-electron chi connectivity index (χ0n) is 18.4. The first-order chi connectivity index (χ1) is 17.2. The summed E-state index contributed by atoms with van der Waals surface area (Å²) in [5.41, 5.74) is 5.14. The SMILES string of the molecule is O=C1Cc2ccccc2C(c2ccccc2)=NC1Nc1nnc(-c2ccc(-n3cncn3)cc2)o1. The fourth-order valence-corrected chi connectivity index (χ4v) is 4.01. The second-order valence-corrected chi connectivity index (χ2v) is 7.99. The van der Waals surface area contributed by atoms with Gasteiger partial charge in [-0.3, -0.25) is 9.79 Å². The van der Waals surface area contributed by atoms with E-state index < -0.39 is 6.17 Å². The molecule has 3 aromatic carbocycles. The number of Topliss-reactive ketones (excluding diaryl/α,β-unsaturated/α-hetero) is 1. The van der Waals surface area contributed by atoms with Gasteiger partial charge >= 0.3 is 6.01 Å². The van der Waals surface area contributed by atoms with Gasteiger partial charge in [-0.25, -0.2) is 9.67 Å². The highest BCUT2D eigenvalue weighted by Crippen LogP contribution is 2.25. The van der Waals surface area contributed by atoms with Gasteiger partial charge in [-0.15, -0.1) is 5.10 Å². The van der Waals surface area contributed by atoms with Crippen molar-refractivity contribution in [3.05, 3.63) is 108 Å². The number of benzene rings is 3. The van der Waals surface area contributed by atoms with Gasteiger partial charge in [-0.05, 0) is 29.8 Å². The van der Waals surface area contributed by atoms with E-state index in [2.05, 4.69) is 25.6 Å². The Hall–Kier alpha value is -4.92. The molecule has 0 fully saturated rings. The smallest absolute Gasteiger partial charge is 0.317 e. The number of anilines is 1. The lowest BCUT2D eigenvalue weighted by atomic mass is 9.96. The normalized spacial score (nSPS) is 15.3. The molecule has 2 aromatic heterocycles. The molecule has 1 atom stereocenters. The Kier molecular flexibility index (Phi) is 5.19. The van der Waals surface area contributed by atoms with Gasteiger partial charge in [0.25, 0.3) is 0 Å². The Balaban J connectivity index is 1.29. The predicted octanol–water partition coefficient (Wildman–Crippen LogP) is 3.72. The van der Waals surface area contributed by atoms with Crippen molar-refractivity contribution in [2.45, 2.75) is 12.6 Å². The van der Waals surface area contributed by atoms with Crippen molar-refractivity contribution in [1.29, 1.82) is 0 Å². The second kappa shape index (κ2) is 8.79. The Morgan fingerprint density at radius 1 is 0.886 bits per heavy atom. The van der Waals surface area contributed by atoms with Crippen molar-refractivity contribution in [3.8, 4) is 17.1 Å².